The van der Waals surface area contributed by atoms with Gasteiger partial charge in [-0.1, -0.05) is 60.7 Å². The second kappa shape index (κ2) is 12.9. The lowest BCUT2D eigenvalue weighted by Crippen LogP contribution is -2.41. The number of carbonyl (C=O) groups excluding carboxylic acids is 2. The zero-order chi connectivity index (χ0) is 25.3. The summed E-state index contributed by atoms with van der Waals surface area (Å²) in [5, 5.41) is 0. The Morgan fingerprint density at radius 2 is 1.31 bits per heavy atom. The van der Waals surface area contributed by atoms with Gasteiger partial charge in [0, 0.05) is 21.0 Å². The van der Waals surface area contributed by atoms with Crippen LogP contribution in [0.1, 0.15) is 25.0 Å². The number of hydrogen-bond donors (Lipinski definition) is 0. The number of phosphoric acid groups is 1. The Morgan fingerprint density at radius 1 is 0.829 bits per heavy atom. The van der Waals surface area contributed by atoms with Crippen molar-refractivity contribution < 1.29 is 46.7 Å². The highest BCUT2D eigenvalue weighted by atomic mass is 31.2. The van der Waals surface area contributed by atoms with E-state index >= 15 is 0 Å². The van der Waals surface area contributed by atoms with E-state index < -0.39 is 44.4 Å². The number of hydrogen-bond acceptors (Lipinski definition) is 10. The average molecular weight is 508 g/mol. The van der Waals surface area contributed by atoms with Gasteiger partial charge in [-0.25, -0.2) is 4.57 Å². The standard InChI is InChI=1S/C24H29O10P/c1-17(25)31-22-21(16-28-3)33-24(23(22)32-18(2)26)34-35(27,29-14-19-10-6-4-7-11-19)30-15-20-12-8-5-9-13-20/h4-13,21-24H,14-16H2,1-3H3/t21-,22-,23+,24?/m1/s1. The minimum Gasteiger partial charge on any atom is -0.455 e. The van der Waals surface area contributed by atoms with Crippen molar-refractivity contribution in [2.75, 3.05) is 13.7 Å². The maximum atomic E-state index is 13.7. The molecule has 2 aromatic rings. The molecule has 0 aliphatic carbocycles. The maximum Gasteiger partial charge on any atom is 0.477 e. The molecule has 0 amide bonds. The maximum absolute atomic E-state index is 13.7. The fourth-order valence-corrected chi connectivity index (χ4v) is 4.64. The second-order valence-corrected chi connectivity index (χ2v) is 9.34. The van der Waals surface area contributed by atoms with Gasteiger partial charge in [0.05, 0.1) is 19.8 Å². The third-order valence-corrected chi connectivity index (χ3v) is 6.26. The fraction of sp³-hybridized carbons (Fsp3) is 0.417. The Hall–Kier alpha value is -2.59. The van der Waals surface area contributed by atoms with Crippen LogP contribution in [0.5, 0.6) is 0 Å². The third kappa shape index (κ3) is 8.24. The molecule has 11 heteroatoms. The van der Waals surface area contributed by atoms with Crippen molar-refractivity contribution in [3.8, 4) is 0 Å². The van der Waals surface area contributed by atoms with E-state index in [1.807, 2.05) is 36.4 Å². The molecule has 1 aliphatic heterocycles. The zero-order valence-corrected chi connectivity index (χ0v) is 20.6. The Balaban J connectivity index is 1.83. The van der Waals surface area contributed by atoms with Crippen LogP contribution in [0, 0.1) is 0 Å². The van der Waals surface area contributed by atoms with Crippen molar-refractivity contribution in [1.29, 1.82) is 0 Å². The van der Waals surface area contributed by atoms with Crippen LogP contribution in [0.4, 0.5) is 0 Å². The van der Waals surface area contributed by atoms with Crippen molar-refractivity contribution in [2.24, 2.45) is 0 Å². The summed E-state index contributed by atoms with van der Waals surface area (Å²) in [5.41, 5.74) is 1.47. The number of esters is 2. The van der Waals surface area contributed by atoms with Crippen molar-refractivity contribution in [3.63, 3.8) is 0 Å². The minimum absolute atomic E-state index is 0.00435. The quantitative estimate of drug-likeness (QED) is 0.310. The van der Waals surface area contributed by atoms with E-state index in [1.54, 1.807) is 24.3 Å². The molecule has 0 spiro atoms. The molecular formula is C24H29O10P. The van der Waals surface area contributed by atoms with Crippen LogP contribution >= 0.6 is 7.82 Å². The predicted molar refractivity (Wildman–Crippen MR) is 123 cm³/mol. The molecule has 1 unspecified atom stereocenters. The van der Waals surface area contributed by atoms with Gasteiger partial charge in [0.2, 0.25) is 6.29 Å². The number of ether oxygens (including phenoxy) is 4. The molecule has 4 atom stereocenters. The summed E-state index contributed by atoms with van der Waals surface area (Å²) in [6.45, 7) is 2.23. The highest BCUT2D eigenvalue weighted by Gasteiger charge is 2.52. The summed E-state index contributed by atoms with van der Waals surface area (Å²) in [6, 6.07) is 18.1. The first-order valence-corrected chi connectivity index (χ1v) is 12.4. The third-order valence-electron chi connectivity index (χ3n) is 4.90. The lowest BCUT2D eigenvalue weighted by Gasteiger charge is -2.25. The Morgan fingerprint density at radius 3 is 1.77 bits per heavy atom. The van der Waals surface area contributed by atoms with Gasteiger partial charge in [-0.2, -0.15) is 0 Å². The van der Waals surface area contributed by atoms with Gasteiger partial charge in [0.1, 0.15) is 6.10 Å². The normalized spacial score (nSPS) is 22.0. The lowest BCUT2D eigenvalue weighted by atomic mass is 10.1. The molecule has 2 aromatic carbocycles. The molecule has 3 rings (SSSR count). The first-order valence-electron chi connectivity index (χ1n) is 10.9. The number of carbonyl (C=O) groups is 2. The molecule has 1 heterocycles. The average Bonchev–Trinajstić information content (AvgIpc) is 3.12. The second-order valence-electron chi connectivity index (χ2n) is 7.72. The molecule has 1 fully saturated rings. The Kier molecular flexibility index (Phi) is 9.97. The molecule has 0 saturated carbocycles. The van der Waals surface area contributed by atoms with Gasteiger partial charge >= 0.3 is 19.8 Å². The van der Waals surface area contributed by atoms with Crippen molar-refractivity contribution in [3.05, 3.63) is 71.8 Å². The van der Waals surface area contributed by atoms with Crippen LogP contribution in [-0.2, 0) is 59.9 Å². The van der Waals surface area contributed by atoms with E-state index in [4.69, 9.17) is 32.5 Å². The van der Waals surface area contributed by atoms with Crippen LogP contribution in [0.2, 0.25) is 0 Å². The van der Waals surface area contributed by atoms with Crippen LogP contribution < -0.4 is 0 Å². The summed E-state index contributed by atoms with van der Waals surface area (Å²) < 4.78 is 52.2. The van der Waals surface area contributed by atoms with E-state index in [0.29, 0.717) is 0 Å². The van der Waals surface area contributed by atoms with Crippen molar-refractivity contribution in [2.45, 2.75) is 51.7 Å². The van der Waals surface area contributed by atoms with Gasteiger partial charge in [-0.05, 0) is 11.1 Å². The van der Waals surface area contributed by atoms with Gasteiger partial charge in [-0.15, -0.1) is 0 Å². The number of rotatable bonds is 12. The van der Waals surface area contributed by atoms with E-state index in [1.165, 1.54) is 21.0 Å². The van der Waals surface area contributed by atoms with Gasteiger partial charge in [0.15, 0.2) is 12.2 Å². The number of benzene rings is 2. The van der Waals surface area contributed by atoms with Crippen LogP contribution in [0.15, 0.2) is 60.7 Å². The fourth-order valence-electron chi connectivity index (χ4n) is 3.41. The van der Waals surface area contributed by atoms with Crippen LogP contribution in [-0.4, -0.2) is 50.3 Å². The van der Waals surface area contributed by atoms with Gasteiger partial charge < -0.3 is 18.9 Å². The van der Waals surface area contributed by atoms with E-state index in [9.17, 15) is 14.2 Å². The summed E-state index contributed by atoms with van der Waals surface area (Å²) in [4.78, 5) is 23.5. The van der Waals surface area contributed by atoms with Crippen molar-refractivity contribution >= 4 is 19.8 Å². The van der Waals surface area contributed by atoms with Gasteiger partial charge in [-0.3, -0.25) is 23.2 Å². The minimum atomic E-state index is -4.28. The topological polar surface area (TPSA) is 116 Å². The molecule has 1 saturated heterocycles. The molecule has 0 N–H and O–H groups in total. The number of phosphoric ester groups is 1. The van der Waals surface area contributed by atoms with E-state index in [-0.39, 0.29) is 19.8 Å². The SMILES string of the molecule is COC[C@H]1OC(OP(=O)(OCc2ccccc2)OCc2ccccc2)[C@@H](OC(C)=O)[C@@H]1OC(C)=O. The highest BCUT2D eigenvalue weighted by Crippen LogP contribution is 2.53. The molecule has 190 valence electrons. The van der Waals surface area contributed by atoms with E-state index in [2.05, 4.69) is 0 Å². The lowest BCUT2D eigenvalue weighted by molar-refractivity contribution is -0.173. The van der Waals surface area contributed by atoms with Crippen LogP contribution in [0.3, 0.4) is 0 Å². The van der Waals surface area contributed by atoms with Gasteiger partial charge in [0.25, 0.3) is 0 Å². The van der Waals surface area contributed by atoms with Crippen molar-refractivity contribution in [1.82, 2.24) is 0 Å². The number of methoxy groups -OCH3 is 1. The molecule has 0 radical (unpaired) electrons. The monoisotopic (exact) mass is 508 g/mol. The summed E-state index contributed by atoms with van der Waals surface area (Å²) in [6.07, 6.45) is -4.56. The highest BCUT2D eigenvalue weighted by molar-refractivity contribution is 7.48. The first kappa shape index (κ1) is 27.0. The van der Waals surface area contributed by atoms with Crippen LogP contribution in [0.25, 0.3) is 0 Å². The zero-order valence-electron chi connectivity index (χ0n) is 19.7. The summed E-state index contributed by atoms with van der Waals surface area (Å²) in [5.74, 6) is -1.30. The Labute approximate surface area is 204 Å². The van der Waals surface area contributed by atoms with E-state index in [0.717, 1.165) is 11.1 Å². The molecule has 0 aromatic heterocycles. The summed E-state index contributed by atoms with van der Waals surface area (Å²) in [7, 11) is -2.85. The summed E-state index contributed by atoms with van der Waals surface area (Å²) >= 11 is 0. The largest absolute Gasteiger partial charge is 0.477 e. The Bertz CT molecular complexity index is 952. The molecular weight excluding hydrogens is 479 g/mol. The molecule has 0 bridgehead atoms. The smallest absolute Gasteiger partial charge is 0.455 e. The molecule has 35 heavy (non-hydrogen) atoms. The first-order chi connectivity index (χ1) is 16.8. The molecule has 10 nitrogen and oxygen atoms in total. The molecule has 1 aliphatic rings. The predicted octanol–water partition coefficient (Wildman–Crippen LogP) is 3.78.